The molecule has 2 N–H and O–H groups in total. The molecule has 2 rings (SSSR count). The van der Waals surface area contributed by atoms with Crippen LogP contribution in [0.25, 0.3) is 0 Å². The van der Waals surface area contributed by atoms with E-state index in [1.54, 1.807) is 0 Å². The lowest BCUT2D eigenvalue weighted by Crippen LogP contribution is -2.31. The molecule has 0 saturated carbocycles. The Hall–Kier alpha value is -0.570. The number of halogens is 3. The molecule has 112 valence electrons. The molecule has 1 saturated heterocycles. The first-order valence-electron chi connectivity index (χ1n) is 6.28. The van der Waals surface area contributed by atoms with Crippen LogP contribution in [0.5, 0.6) is 0 Å². The molecule has 1 aromatic carbocycles. The zero-order chi connectivity index (χ0) is 14.8. The van der Waals surface area contributed by atoms with Gasteiger partial charge in [0.05, 0.1) is 0 Å². The summed E-state index contributed by atoms with van der Waals surface area (Å²) < 4.78 is 52.9. The quantitative estimate of drug-likeness (QED) is 0.836. The van der Waals surface area contributed by atoms with E-state index in [-0.39, 0.29) is 11.0 Å². The van der Waals surface area contributed by atoms with Crippen molar-refractivity contribution in [1.29, 1.82) is 0 Å². The van der Waals surface area contributed by atoms with E-state index in [1.165, 1.54) is 0 Å². The highest BCUT2D eigenvalue weighted by atomic mass is 79.9. The number of nitrogens with one attached hydrogen (secondary N) is 2. The summed E-state index contributed by atoms with van der Waals surface area (Å²) in [5, 5.41) is 3.25. The van der Waals surface area contributed by atoms with E-state index in [0.29, 0.717) is 18.5 Å². The van der Waals surface area contributed by atoms with Gasteiger partial charge >= 0.3 is 0 Å². The van der Waals surface area contributed by atoms with Gasteiger partial charge in [0, 0.05) is 23.1 Å². The molecular weight excluding hydrogens is 354 g/mol. The van der Waals surface area contributed by atoms with Crippen LogP contribution < -0.4 is 10.0 Å². The molecule has 0 unspecified atom stereocenters. The Labute approximate surface area is 125 Å². The van der Waals surface area contributed by atoms with Crippen LogP contribution in [0.15, 0.2) is 21.5 Å². The summed E-state index contributed by atoms with van der Waals surface area (Å²) >= 11 is 2.88. The minimum absolute atomic E-state index is 0.124. The maximum Gasteiger partial charge on any atom is 0.244 e. The second-order valence-corrected chi connectivity index (χ2v) is 7.24. The first kappa shape index (κ1) is 15.8. The summed E-state index contributed by atoms with van der Waals surface area (Å²) in [5.74, 6) is -1.94. The average Bonchev–Trinajstić information content (AvgIpc) is 2.79. The van der Waals surface area contributed by atoms with Crippen LogP contribution in [-0.4, -0.2) is 27.5 Å². The summed E-state index contributed by atoms with van der Waals surface area (Å²) in [5.41, 5.74) is 0. The van der Waals surface area contributed by atoms with Gasteiger partial charge in [-0.25, -0.2) is 21.9 Å². The van der Waals surface area contributed by atoms with E-state index < -0.39 is 26.6 Å². The van der Waals surface area contributed by atoms with Gasteiger partial charge in [-0.3, -0.25) is 0 Å². The smallest absolute Gasteiger partial charge is 0.244 e. The Bertz CT molecular complexity index is 566. The summed E-state index contributed by atoms with van der Waals surface area (Å²) in [4.78, 5) is -0.557. The van der Waals surface area contributed by atoms with Gasteiger partial charge in [0.15, 0.2) is 0 Å². The van der Waals surface area contributed by atoms with Gasteiger partial charge in [-0.2, -0.15) is 0 Å². The van der Waals surface area contributed by atoms with Crippen LogP contribution in [0.3, 0.4) is 0 Å². The molecular formula is C12H15BrF2N2O2S. The molecule has 20 heavy (non-hydrogen) atoms. The molecule has 0 radical (unpaired) electrons. The van der Waals surface area contributed by atoms with Crippen LogP contribution in [0.1, 0.15) is 19.3 Å². The minimum Gasteiger partial charge on any atom is -0.314 e. The third-order valence-corrected chi connectivity index (χ3v) is 5.60. The van der Waals surface area contributed by atoms with Crippen molar-refractivity contribution in [3.8, 4) is 0 Å². The fourth-order valence-electron chi connectivity index (χ4n) is 2.23. The molecule has 1 aromatic rings. The minimum atomic E-state index is -4.00. The van der Waals surface area contributed by atoms with E-state index in [1.807, 2.05) is 0 Å². The predicted octanol–water partition coefficient (Wildman–Crippen LogP) is 2.15. The molecule has 1 aliphatic heterocycles. The standard InChI is InChI=1S/C12H15BrF2N2O2S/c13-10-6-8(14)7-11(15)12(10)20(18,19)17-5-3-9-2-1-4-16-9/h6-7,9,16-17H,1-5H2/t9-/m0/s1. The Morgan fingerprint density at radius 2 is 2.15 bits per heavy atom. The maximum atomic E-state index is 13.6. The lowest BCUT2D eigenvalue weighted by Gasteiger charge is -2.12. The molecule has 1 heterocycles. The van der Waals surface area contributed by atoms with Gasteiger partial charge in [-0.15, -0.1) is 0 Å². The van der Waals surface area contributed by atoms with Crippen molar-refractivity contribution in [3.05, 3.63) is 28.2 Å². The van der Waals surface area contributed by atoms with E-state index in [4.69, 9.17) is 0 Å². The van der Waals surface area contributed by atoms with Crippen molar-refractivity contribution >= 4 is 26.0 Å². The summed E-state index contributed by atoms with van der Waals surface area (Å²) in [6.45, 7) is 1.15. The van der Waals surface area contributed by atoms with E-state index in [0.717, 1.165) is 25.5 Å². The van der Waals surface area contributed by atoms with Crippen molar-refractivity contribution in [3.63, 3.8) is 0 Å². The molecule has 0 aromatic heterocycles. The number of hydrogen-bond acceptors (Lipinski definition) is 3. The SMILES string of the molecule is O=S(=O)(NCC[C@@H]1CCCN1)c1c(F)cc(F)cc1Br. The Morgan fingerprint density at radius 1 is 1.40 bits per heavy atom. The predicted molar refractivity (Wildman–Crippen MR) is 74.9 cm³/mol. The first-order chi connectivity index (χ1) is 9.40. The Kier molecular flexibility index (Phi) is 5.11. The lowest BCUT2D eigenvalue weighted by molar-refractivity contribution is 0.526. The summed E-state index contributed by atoms with van der Waals surface area (Å²) in [7, 11) is -4.00. The van der Waals surface area contributed by atoms with Crippen molar-refractivity contribution in [2.75, 3.05) is 13.1 Å². The molecule has 4 nitrogen and oxygen atoms in total. The number of rotatable bonds is 5. The highest BCUT2D eigenvalue weighted by Crippen LogP contribution is 2.26. The number of sulfonamides is 1. The monoisotopic (exact) mass is 368 g/mol. The molecule has 8 heteroatoms. The molecule has 1 fully saturated rings. The second kappa shape index (κ2) is 6.46. The normalized spacial score (nSPS) is 19.4. The van der Waals surface area contributed by atoms with Crippen molar-refractivity contribution in [1.82, 2.24) is 10.0 Å². The first-order valence-corrected chi connectivity index (χ1v) is 8.55. The van der Waals surface area contributed by atoms with Crippen LogP contribution in [0.2, 0.25) is 0 Å². The molecule has 1 aliphatic rings. The molecule has 0 aliphatic carbocycles. The largest absolute Gasteiger partial charge is 0.314 e. The second-order valence-electron chi connectivity index (χ2n) is 4.68. The summed E-state index contributed by atoms with van der Waals surface area (Å²) in [6, 6.07) is 1.77. The Balaban J connectivity index is 2.06. The fourth-order valence-corrected chi connectivity index (χ4v) is 4.44. The zero-order valence-electron chi connectivity index (χ0n) is 10.6. The zero-order valence-corrected chi connectivity index (χ0v) is 13.0. The molecule has 0 bridgehead atoms. The molecule has 0 spiro atoms. The fraction of sp³-hybridized carbons (Fsp3) is 0.500. The number of hydrogen-bond donors (Lipinski definition) is 2. The summed E-state index contributed by atoms with van der Waals surface area (Å²) in [6.07, 6.45) is 2.73. The lowest BCUT2D eigenvalue weighted by atomic mass is 10.2. The van der Waals surface area contributed by atoms with E-state index >= 15 is 0 Å². The van der Waals surface area contributed by atoms with Gasteiger partial charge in [-0.05, 0) is 47.8 Å². The topological polar surface area (TPSA) is 58.2 Å². The van der Waals surface area contributed by atoms with Crippen LogP contribution in [0.4, 0.5) is 8.78 Å². The third-order valence-electron chi connectivity index (χ3n) is 3.18. The van der Waals surface area contributed by atoms with Gasteiger partial charge < -0.3 is 5.32 Å². The van der Waals surface area contributed by atoms with Gasteiger partial charge in [0.2, 0.25) is 10.0 Å². The van der Waals surface area contributed by atoms with Gasteiger partial charge in [-0.1, -0.05) is 0 Å². The third kappa shape index (κ3) is 3.75. The van der Waals surface area contributed by atoms with Crippen LogP contribution >= 0.6 is 15.9 Å². The van der Waals surface area contributed by atoms with Crippen molar-refractivity contribution < 1.29 is 17.2 Å². The van der Waals surface area contributed by atoms with Gasteiger partial charge in [0.25, 0.3) is 0 Å². The van der Waals surface area contributed by atoms with Crippen molar-refractivity contribution in [2.24, 2.45) is 0 Å². The number of benzene rings is 1. The highest BCUT2D eigenvalue weighted by Gasteiger charge is 2.24. The molecule has 0 amide bonds. The van der Waals surface area contributed by atoms with E-state index in [2.05, 4.69) is 26.0 Å². The van der Waals surface area contributed by atoms with Crippen molar-refractivity contribution in [2.45, 2.75) is 30.2 Å². The van der Waals surface area contributed by atoms with E-state index in [9.17, 15) is 17.2 Å². The average molecular weight is 369 g/mol. The van der Waals surface area contributed by atoms with Crippen LogP contribution in [-0.2, 0) is 10.0 Å². The van der Waals surface area contributed by atoms with Crippen LogP contribution in [0, 0.1) is 11.6 Å². The van der Waals surface area contributed by atoms with Gasteiger partial charge in [0.1, 0.15) is 16.5 Å². The Morgan fingerprint density at radius 3 is 2.75 bits per heavy atom. The molecule has 1 atom stereocenters. The highest BCUT2D eigenvalue weighted by molar-refractivity contribution is 9.10. The maximum absolute atomic E-state index is 13.6.